The maximum atomic E-state index is 2.49. The summed E-state index contributed by atoms with van der Waals surface area (Å²) in [5, 5.41) is 2.39. The monoisotopic (exact) mass is 840 g/mol. The van der Waals surface area contributed by atoms with E-state index in [1.54, 1.807) is 0 Å². The molecule has 0 bridgehead atoms. The molecule has 0 saturated heterocycles. The van der Waals surface area contributed by atoms with Crippen LogP contribution < -0.4 is 0 Å². The van der Waals surface area contributed by atoms with Crippen LogP contribution in [0.1, 0.15) is 0 Å². The third-order valence-electron chi connectivity index (χ3n) is 13.0. The average Bonchev–Trinajstić information content (AvgIpc) is 3.93. The van der Waals surface area contributed by atoms with Gasteiger partial charge in [0, 0.05) is 33.3 Å². The molecule has 0 unspecified atom stereocenters. The molecule has 0 fully saturated rings. The fourth-order valence-electron chi connectivity index (χ4n) is 9.84. The number of fused-ring (bicyclic) bond motifs is 2. The van der Waals surface area contributed by atoms with Crippen LogP contribution in [0.5, 0.6) is 0 Å². The van der Waals surface area contributed by atoms with Crippen LogP contribution in [0.25, 0.3) is 111 Å². The Morgan fingerprint density at radius 3 is 0.773 bits per heavy atom. The van der Waals surface area contributed by atoms with Gasteiger partial charge < -0.3 is 9.13 Å². The molecule has 0 aliphatic carbocycles. The molecule has 0 radical (unpaired) electrons. The van der Waals surface area contributed by atoms with E-state index in [1.807, 2.05) is 0 Å². The predicted octanol–water partition coefficient (Wildman–Crippen LogP) is 17.2. The molecular weight excluding hydrogens is 797 g/mol. The first kappa shape index (κ1) is 38.9. The summed E-state index contributed by atoms with van der Waals surface area (Å²) in [6, 6.07) is 96.9. The van der Waals surface area contributed by atoms with Crippen LogP contribution in [-0.2, 0) is 0 Å². The van der Waals surface area contributed by atoms with Crippen molar-refractivity contribution in [2.75, 3.05) is 0 Å². The van der Waals surface area contributed by atoms with Crippen molar-refractivity contribution < 1.29 is 0 Å². The highest BCUT2D eigenvalue weighted by atomic mass is 15.0. The summed E-state index contributed by atoms with van der Waals surface area (Å²) in [6.45, 7) is 0. The summed E-state index contributed by atoms with van der Waals surface area (Å²) >= 11 is 0. The Morgan fingerprint density at radius 2 is 0.424 bits per heavy atom. The van der Waals surface area contributed by atoms with Gasteiger partial charge in [-0.2, -0.15) is 0 Å². The van der Waals surface area contributed by atoms with Crippen LogP contribution in [0, 0.1) is 0 Å². The molecule has 66 heavy (non-hydrogen) atoms. The number of aromatic nitrogens is 2. The number of hydrogen-bond acceptors (Lipinski definition) is 0. The second-order valence-corrected chi connectivity index (χ2v) is 16.9. The van der Waals surface area contributed by atoms with Crippen molar-refractivity contribution in [3.8, 4) is 89.5 Å². The van der Waals surface area contributed by atoms with E-state index in [2.05, 4.69) is 276 Å². The topological polar surface area (TPSA) is 9.86 Å². The SMILES string of the molecule is c1ccc(-c2ccc(-c3ccc(-n4c(-c5ccc(-c6ccccc6)cc5)c(-c5c(-c6ccc(-c7ccccc7)cc6)n(-c6ccccc6)c6ccccc56)c5ccccc54)cc3)cc2)cc1. The number of para-hydroxylation sites is 3. The van der Waals surface area contributed by atoms with Crippen LogP contribution in [0.15, 0.2) is 267 Å². The van der Waals surface area contributed by atoms with E-state index >= 15 is 0 Å². The number of rotatable bonds is 9. The van der Waals surface area contributed by atoms with E-state index in [-0.39, 0.29) is 0 Å². The minimum atomic E-state index is 1.10. The summed E-state index contributed by atoms with van der Waals surface area (Å²) in [5.41, 5.74) is 21.1. The number of nitrogens with zero attached hydrogens (tertiary/aromatic N) is 2. The highest BCUT2D eigenvalue weighted by Gasteiger charge is 2.29. The van der Waals surface area contributed by atoms with Gasteiger partial charge in [-0.05, 0) is 92.0 Å². The third kappa shape index (κ3) is 6.93. The first-order valence-corrected chi connectivity index (χ1v) is 22.7. The summed E-state index contributed by atoms with van der Waals surface area (Å²) < 4.78 is 4.95. The van der Waals surface area contributed by atoms with E-state index < -0.39 is 0 Å². The van der Waals surface area contributed by atoms with Gasteiger partial charge in [0.1, 0.15) is 0 Å². The molecule has 0 aliphatic heterocycles. The largest absolute Gasteiger partial charge is 0.309 e. The van der Waals surface area contributed by atoms with Crippen molar-refractivity contribution in [3.05, 3.63) is 267 Å². The summed E-state index contributed by atoms with van der Waals surface area (Å²) in [6.07, 6.45) is 0. The smallest absolute Gasteiger partial charge is 0.0620 e. The molecule has 2 heteroatoms. The lowest BCUT2D eigenvalue weighted by Gasteiger charge is -2.17. The first-order chi connectivity index (χ1) is 32.8. The van der Waals surface area contributed by atoms with Gasteiger partial charge in [0.25, 0.3) is 0 Å². The van der Waals surface area contributed by atoms with Crippen molar-refractivity contribution in [2.45, 2.75) is 0 Å². The van der Waals surface area contributed by atoms with Crippen LogP contribution in [-0.4, -0.2) is 9.13 Å². The van der Waals surface area contributed by atoms with Gasteiger partial charge in [-0.25, -0.2) is 0 Å². The number of benzene rings is 10. The molecular formula is C64H44N2. The van der Waals surface area contributed by atoms with Gasteiger partial charge in [-0.15, -0.1) is 0 Å². The second-order valence-electron chi connectivity index (χ2n) is 16.9. The third-order valence-corrected chi connectivity index (χ3v) is 13.0. The molecule has 0 amide bonds. The van der Waals surface area contributed by atoms with Crippen LogP contribution in [0.2, 0.25) is 0 Å². The van der Waals surface area contributed by atoms with Crippen molar-refractivity contribution in [2.24, 2.45) is 0 Å². The van der Waals surface area contributed by atoms with Crippen molar-refractivity contribution in [1.82, 2.24) is 9.13 Å². The Bertz CT molecular complexity index is 3600. The summed E-state index contributed by atoms with van der Waals surface area (Å²) in [5.74, 6) is 0. The lowest BCUT2D eigenvalue weighted by atomic mass is 9.92. The molecule has 12 rings (SSSR count). The van der Waals surface area contributed by atoms with E-state index in [1.165, 1.54) is 66.4 Å². The quantitative estimate of drug-likeness (QED) is 0.137. The molecule has 2 aromatic heterocycles. The fraction of sp³-hybridized carbons (Fsp3) is 0. The van der Waals surface area contributed by atoms with Crippen molar-refractivity contribution >= 4 is 21.8 Å². The van der Waals surface area contributed by atoms with Crippen molar-refractivity contribution in [3.63, 3.8) is 0 Å². The normalized spacial score (nSPS) is 11.3. The molecule has 0 spiro atoms. The molecule has 310 valence electrons. The molecule has 12 aromatic rings. The minimum Gasteiger partial charge on any atom is -0.309 e. The van der Waals surface area contributed by atoms with Gasteiger partial charge >= 0.3 is 0 Å². The zero-order valence-corrected chi connectivity index (χ0v) is 36.3. The molecule has 0 atom stereocenters. The average molecular weight is 841 g/mol. The molecule has 0 N–H and O–H groups in total. The summed E-state index contributed by atoms with van der Waals surface area (Å²) in [7, 11) is 0. The van der Waals surface area contributed by atoms with Gasteiger partial charge in [0.05, 0.1) is 22.4 Å². The molecule has 0 aliphatic rings. The van der Waals surface area contributed by atoms with E-state index in [0.717, 1.165) is 44.9 Å². The van der Waals surface area contributed by atoms with Gasteiger partial charge in [0.15, 0.2) is 0 Å². The Balaban J connectivity index is 1.11. The molecule has 2 nitrogen and oxygen atoms in total. The lowest BCUT2D eigenvalue weighted by molar-refractivity contribution is 1.13. The zero-order chi connectivity index (χ0) is 43.8. The Labute approximate surface area is 385 Å². The van der Waals surface area contributed by atoms with Gasteiger partial charge in [0.2, 0.25) is 0 Å². The molecule has 10 aromatic carbocycles. The van der Waals surface area contributed by atoms with Crippen molar-refractivity contribution in [1.29, 1.82) is 0 Å². The standard InChI is InChI=1S/C64H44N2/c1-5-17-45(18-6-1)48-29-31-51(32-30-48)52-41-43-56(44-42-52)66-60-28-16-14-26-58(60)62(64(66)54-39-35-50(36-40-54)47-21-9-3-10-22-47)61-57-25-13-15-27-59(57)65(55-23-11-4-12-24-55)63(61)53-37-33-49(34-38-53)46-19-7-2-8-20-46/h1-44H. The number of hydrogen-bond donors (Lipinski definition) is 0. The van der Waals surface area contributed by atoms with Crippen LogP contribution >= 0.6 is 0 Å². The van der Waals surface area contributed by atoms with E-state index in [9.17, 15) is 0 Å². The van der Waals surface area contributed by atoms with Gasteiger partial charge in [-0.1, -0.05) is 231 Å². The van der Waals surface area contributed by atoms with E-state index in [4.69, 9.17) is 0 Å². The minimum absolute atomic E-state index is 1.10. The van der Waals surface area contributed by atoms with Crippen LogP contribution in [0.3, 0.4) is 0 Å². The maximum absolute atomic E-state index is 2.49. The molecule has 0 saturated carbocycles. The summed E-state index contributed by atoms with van der Waals surface area (Å²) in [4.78, 5) is 0. The second kappa shape index (κ2) is 16.8. The van der Waals surface area contributed by atoms with Crippen LogP contribution in [0.4, 0.5) is 0 Å². The lowest BCUT2D eigenvalue weighted by Crippen LogP contribution is -1.99. The highest BCUT2D eigenvalue weighted by molar-refractivity contribution is 6.16. The Morgan fingerprint density at radius 1 is 0.182 bits per heavy atom. The first-order valence-electron chi connectivity index (χ1n) is 22.7. The Kier molecular flexibility index (Phi) is 9.89. The predicted molar refractivity (Wildman–Crippen MR) is 278 cm³/mol. The maximum Gasteiger partial charge on any atom is 0.0620 e. The van der Waals surface area contributed by atoms with Gasteiger partial charge in [-0.3, -0.25) is 0 Å². The molecule has 2 heterocycles. The fourth-order valence-corrected chi connectivity index (χ4v) is 9.84. The zero-order valence-electron chi connectivity index (χ0n) is 36.3. The highest BCUT2D eigenvalue weighted by Crippen LogP contribution is 2.51. The Hall–Kier alpha value is -8.72. The van der Waals surface area contributed by atoms with E-state index in [0.29, 0.717) is 0 Å².